The van der Waals surface area contributed by atoms with Gasteiger partial charge in [-0.3, -0.25) is 9.59 Å². The van der Waals surface area contributed by atoms with E-state index in [0.717, 1.165) is 12.8 Å². The van der Waals surface area contributed by atoms with Crippen LogP contribution in [0, 0.1) is 0 Å². The molecule has 0 atom stereocenters. The van der Waals surface area contributed by atoms with Crippen LogP contribution in [0.25, 0.3) is 0 Å². The third-order valence-corrected chi connectivity index (χ3v) is 5.52. The first-order valence-corrected chi connectivity index (χ1v) is 11.6. The second-order valence-electron chi connectivity index (χ2n) is 7.94. The van der Waals surface area contributed by atoms with Gasteiger partial charge in [0.15, 0.2) is 5.78 Å². The summed E-state index contributed by atoms with van der Waals surface area (Å²) >= 11 is 0. The molecule has 3 heteroatoms. The molecule has 0 aromatic carbocycles. The van der Waals surface area contributed by atoms with Crippen LogP contribution >= 0.6 is 0 Å². The van der Waals surface area contributed by atoms with E-state index in [2.05, 4.69) is 6.92 Å². The predicted octanol–water partition coefficient (Wildman–Crippen LogP) is 7.03. The molecule has 0 aliphatic rings. The number of ketones is 1. The molecule has 27 heavy (non-hydrogen) atoms. The second-order valence-corrected chi connectivity index (χ2v) is 7.94. The van der Waals surface area contributed by atoms with Crippen molar-refractivity contribution in [3.05, 3.63) is 11.1 Å². The van der Waals surface area contributed by atoms with E-state index in [4.69, 9.17) is 5.73 Å². The number of carbonyl (C=O) groups is 2. The van der Waals surface area contributed by atoms with Crippen molar-refractivity contribution >= 4 is 11.7 Å². The maximum Gasteiger partial charge on any atom is 0.244 e. The van der Waals surface area contributed by atoms with Gasteiger partial charge in [0, 0.05) is 17.6 Å². The van der Waals surface area contributed by atoms with E-state index in [1.54, 1.807) is 6.92 Å². The van der Waals surface area contributed by atoms with E-state index in [1.165, 1.54) is 83.5 Å². The first-order chi connectivity index (χ1) is 13.0. The first-order valence-electron chi connectivity index (χ1n) is 11.6. The summed E-state index contributed by atoms with van der Waals surface area (Å²) in [5.74, 6) is -0.375. The fourth-order valence-electron chi connectivity index (χ4n) is 3.63. The Morgan fingerprint density at radius 3 is 1.33 bits per heavy atom. The van der Waals surface area contributed by atoms with Gasteiger partial charge in [-0.05, 0) is 19.8 Å². The number of allylic oxidation sites excluding steroid dienone is 1. The van der Waals surface area contributed by atoms with E-state index >= 15 is 0 Å². The molecule has 0 aromatic rings. The van der Waals surface area contributed by atoms with Crippen LogP contribution in [0.2, 0.25) is 0 Å². The highest BCUT2D eigenvalue weighted by molar-refractivity contribution is 6.04. The number of nitrogens with two attached hydrogens (primary N) is 1. The maximum absolute atomic E-state index is 12.2. The Bertz CT molecular complexity index is 426. The SMILES string of the molecule is CCCCCCCCCCCCCCCCCC(=O)C(CC)=C(C)C(N)=O. The third kappa shape index (κ3) is 14.6. The van der Waals surface area contributed by atoms with Crippen molar-refractivity contribution in [1.29, 1.82) is 0 Å². The van der Waals surface area contributed by atoms with Crippen LogP contribution in [0.3, 0.4) is 0 Å². The van der Waals surface area contributed by atoms with Gasteiger partial charge in [0.2, 0.25) is 5.91 Å². The van der Waals surface area contributed by atoms with Crippen molar-refractivity contribution in [2.75, 3.05) is 0 Å². The molecule has 0 aromatic heterocycles. The van der Waals surface area contributed by atoms with Gasteiger partial charge in [-0.15, -0.1) is 0 Å². The quantitative estimate of drug-likeness (QED) is 0.193. The zero-order valence-corrected chi connectivity index (χ0v) is 18.4. The largest absolute Gasteiger partial charge is 0.366 e. The molecule has 0 aliphatic heterocycles. The minimum absolute atomic E-state index is 0.100. The number of rotatable bonds is 19. The second kappa shape index (κ2) is 18.3. The van der Waals surface area contributed by atoms with E-state index < -0.39 is 5.91 Å². The summed E-state index contributed by atoms with van der Waals surface area (Å²) in [5.41, 5.74) is 6.34. The molecule has 0 saturated carbocycles. The molecule has 0 saturated heterocycles. The van der Waals surface area contributed by atoms with E-state index in [0.29, 0.717) is 24.0 Å². The number of amides is 1. The molecular weight excluding hydrogens is 334 g/mol. The fourth-order valence-corrected chi connectivity index (χ4v) is 3.63. The summed E-state index contributed by atoms with van der Waals surface area (Å²) in [6, 6.07) is 0. The molecule has 1 amide bonds. The summed E-state index contributed by atoms with van der Waals surface area (Å²) in [6.45, 7) is 5.84. The van der Waals surface area contributed by atoms with Crippen LogP contribution in [0.5, 0.6) is 0 Å². The van der Waals surface area contributed by atoms with Gasteiger partial charge in [-0.1, -0.05) is 104 Å². The van der Waals surface area contributed by atoms with Crippen LogP contribution in [-0.4, -0.2) is 11.7 Å². The van der Waals surface area contributed by atoms with Crippen molar-refractivity contribution in [1.82, 2.24) is 0 Å². The van der Waals surface area contributed by atoms with Gasteiger partial charge in [-0.25, -0.2) is 0 Å². The first kappa shape index (κ1) is 25.9. The topological polar surface area (TPSA) is 60.2 Å². The Hall–Kier alpha value is -1.12. The Kier molecular flexibility index (Phi) is 17.5. The summed E-state index contributed by atoms with van der Waals surface area (Å²) in [6.07, 6.45) is 20.9. The van der Waals surface area contributed by atoms with Crippen molar-refractivity contribution in [2.24, 2.45) is 5.73 Å². The van der Waals surface area contributed by atoms with Crippen LogP contribution in [-0.2, 0) is 9.59 Å². The standard InChI is InChI=1S/C24H45NO2/c1-4-6-7-8-9-10-11-12-13-14-15-16-17-18-19-20-23(26)22(5-2)21(3)24(25)27/h4-20H2,1-3H3,(H2,25,27). The molecule has 0 radical (unpaired) electrons. The summed E-state index contributed by atoms with van der Waals surface area (Å²) < 4.78 is 0. The molecule has 0 rings (SSSR count). The average molecular weight is 380 g/mol. The highest BCUT2D eigenvalue weighted by Crippen LogP contribution is 2.16. The monoisotopic (exact) mass is 379 g/mol. The molecule has 158 valence electrons. The summed E-state index contributed by atoms with van der Waals surface area (Å²) in [7, 11) is 0. The van der Waals surface area contributed by atoms with Crippen LogP contribution < -0.4 is 5.73 Å². The number of hydrogen-bond donors (Lipinski definition) is 1. The van der Waals surface area contributed by atoms with Crippen molar-refractivity contribution in [3.8, 4) is 0 Å². The van der Waals surface area contributed by atoms with Gasteiger partial charge in [0.05, 0.1) is 0 Å². The predicted molar refractivity (Wildman–Crippen MR) is 117 cm³/mol. The van der Waals surface area contributed by atoms with Crippen molar-refractivity contribution < 1.29 is 9.59 Å². The number of Topliss-reactive ketones (excluding diaryl/α,β-unsaturated/α-hetero) is 1. The molecule has 0 unspecified atom stereocenters. The van der Waals surface area contributed by atoms with Gasteiger partial charge < -0.3 is 5.73 Å². The number of hydrogen-bond acceptors (Lipinski definition) is 2. The molecule has 2 N–H and O–H groups in total. The Balaban J connectivity index is 3.49. The lowest BCUT2D eigenvalue weighted by molar-refractivity contribution is -0.117. The minimum Gasteiger partial charge on any atom is -0.366 e. The fraction of sp³-hybridized carbons (Fsp3) is 0.833. The third-order valence-electron chi connectivity index (χ3n) is 5.52. The molecular formula is C24H45NO2. The summed E-state index contributed by atoms with van der Waals surface area (Å²) in [5, 5.41) is 0. The number of carbonyl (C=O) groups excluding carboxylic acids is 2. The van der Waals surface area contributed by atoms with Crippen LogP contribution in [0.1, 0.15) is 130 Å². The number of unbranched alkanes of at least 4 members (excludes halogenated alkanes) is 14. The van der Waals surface area contributed by atoms with Crippen molar-refractivity contribution in [3.63, 3.8) is 0 Å². The van der Waals surface area contributed by atoms with E-state index in [9.17, 15) is 9.59 Å². The van der Waals surface area contributed by atoms with Gasteiger partial charge in [-0.2, -0.15) is 0 Å². The smallest absolute Gasteiger partial charge is 0.244 e. The minimum atomic E-state index is -0.475. The number of primary amides is 1. The highest BCUT2D eigenvalue weighted by atomic mass is 16.1. The van der Waals surface area contributed by atoms with Crippen molar-refractivity contribution in [2.45, 2.75) is 130 Å². The normalized spacial score (nSPS) is 12.1. The summed E-state index contributed by atoms with van der Waals surface area (Å²) in [4.78, 5) is 23.4. The van der Waals surface area contributed by atoms with Crippen LogP contribution in [0.4, 0.5) is 0 Å². The lowest BCUT2D eigenvalue weighted by Crippen LogP contribution is -2.17. The lowest BCUT2D eigenvalue weighted by atomic mass is 9.97. The zero-order valence-electron chi connectivity index (χ0n) is 18.4. The Labute approximate surface area is 168 Å². The molecule has 3 nitrogen and oxygen atoms in total. The highest BCUT2D eigenvalue weighted by Gasteiger charge is 2.13. The van der Waals surface area contributed by atoms with Crippen LogP contribution in [0.15, 0.2) is 11.1 Å². The van der Waals surface area contributed by atoms with Gasteiger partial charge >= 0.3 is 0 Å². The van der Waals surface area contributed by atoms with E-state index in [-0.39, 0.29) is 5.78 Å². The maximum atomic E-state index is 12.2. The zero-order chi connectivity index (χ0) is 20.3. The molecule has 0 heterocycles. The lowest BCUT2D eigenvalue weighted by Gasteiger charge is -2.07. The van der Waals surface area contributed by atoms with Gasteiger partial charge in [0.1, 0.15) is 0 Å². The Morgan fingerprint density at radius 1 is 0.630 bits per heavy atom. The van der Waals surface area contributed by atoms with Gasteiger partial charge in [0.25, 0.3) is 0 Å². The molecule has 0 spiro atoms. The molecule has 0 bridgehead atoms. The average Bonchev–Trinajstić information content (AvgIpc) is 2.65. The van der Waals surface area contributed by atoms with E-state index in [1.807, 2.05) is 6.92 Å². The molecule has 0 aliphatic carbocycles. The molecule has 0 fully saturated rings. The Morgan fingerprint density at radius 2 is 1.00 bits per heavy atom.